The quantitative estimate of drug-likeness (QED) is 0.912. The average molecular weight is 254 g/mol. The van der Waals surface area contributed by atoms with E-state index in [4.69, 9.17) is 23.2 Å². The van der Waals surface area contributed by atoms with Crippen LogP contribution >= 0.6 is 23.2 Å². The van der Waals surface area contributed by atoms with Crippen molar-refractivity contribution in [1.29, 1.82) is 0 Å². The normalized spacial score (nSPS) is 10.1. The van der Waals surface area contributed by atoms with E-state index in [1.807, 2.05) is 6.07 Å². The molecule has 0 fully saturated rings. The van der Waals surface area contributed by atoms with Crippen molar-refractivity contribution in [3.05, 3.63) is 52.5 Å². The Morgan fingerprint density at radius 1 is 1.12 bits per heavy atom. The Morgan fingerprint density at radius 2 is 1.88 bits per heavy atom. The molecule has 2 aromatic rings. The lowest BCUT2D eigenvalue weighted by atomic mass is 10.3. The van der Waals surface area contributed by atoms with Gasteiger partial charge in [0, 0.05) is 29.5 Å². The summed E-state index contributed by atoms with van der Waals surface area (Å²) < 4.78 is 0. The Bertz CT molecular complexity index is 474. The summed E-state index contributed by atoms with van der Waals surface area (Å²) in [6, 6.07) is 5.33. The van der Waals surface area contributed by atoms with Crippen LogP contribution in [-0.2, 0) is 6.54 Å². The van der Waals surface area contributed by atoms with E-state index in [1.54, 1.807) is 24.5 Å². The Kier molecular flexibility index (Phi) is 3.59. The Hall–Kier alpha value is -1.32. The van der Waals surface area contributed by atoms with Crippen molar-refractivity contribution in [2.75, 3.05) is 5.32 Å². The van der Waals surface area contributed by atoms with Crippen LogP contribution in [-0.4, -0.2) is 9.97 Å². The van der Waals surface area contributed by atoms with Gasteiger partial charge in [0.1, 0.15) is 6.33 Å². The van der Waals surface area contributed by atoms with Gasteiger partial charge in [0.2, 0.25) is 0 Å². The van der Waals surface area contributed by atoms with Crippen molar-refractivity contribution in [3.8, 4) is 0 Å². The molecule has 0 radical (unpaired) electrons. The first-order valence-electron chi connectivity index (χ1n) is 4.68. The maximum atomic E-state index is 6.02. The first-order chi connectivity index (χ1) is 7.75. The summed E-state index contributed by atoms with van der Waals surface area (Å²) in [6.45, 7) is 0.627. The largest absolute Gasteiger partial charge is 0.380 e. The van der Waals surface area contributed by atoms with Crippen LogP contribution in [0.1, 0.15) is 5.56 Å². The summed E-state index contributed by atoms with van der Waals surface area (Å²) in [4.78, 5) is 7.86. The van der Waals surface area contributed by atoms with E-state index in [0.29, 0.717) is 16.6 Å². The zero-order valence-corrected chi connectivity index (χ0v) is 9.83. The van der Waals surface area contributed by atoms with E-state index in [2.05, 4.69) is 15.3 Å². The molecule has 16 heavy (non-hydrogen) atoms. The fourth-order valence-electron chi connectivity index (χ4n) is 1.25. The highest BCUT2D eigenvalue weighted by Crippen LogP contribution is 2.25. The number of halogens is 2. The highest BCUT2D eigenvalue weighted by Gasteiger charge is 2.00. The van der Waals surface area contributed by atoms with Gasteiger partial charge in [-0.1, -0.05) is 23.2 Å². The molecule has 3 nitrogen and oxygen atoms in total. The molecular weight excluding hydrogens is 245 g/mol. The summed E-state index contributed by atoms with van der Waals surface area (Å²) in [5.41, 5.74) is 1.84. The molecule has 0 unspecified atom stereocenters. The highest BCUT2D eigenvalue weighted by molar-refractivity contribution is 6.36. The van der Waals surface area contributed by atoms with Crippen LogP contribution in [0, 0.1) is 0 Å². The number of benzene rings is 1. The smallest absolute Gasteiger partial charge is 0.115 e. The molecule has 0 bridgehead atoms. The maximum absolute atomic E-state index is 6.02. The first kappa shape index (κ1) is 11.2. The van der Waals surface area contributed by atoms with Crippen LogP contribution in [0.5, 0.6) is 0 Å². The van der Waals surface area contributed by atoms with Gasteiger partial charge in [0.05, 0.1) is 10.7 Å². The molecular formula is C11H9Cl2N3. The molecule has 82 valence electrons. The minimum atomic E-state index is 0.601. The van der Waals surface area contributed by atoms with Gasteiger partial charge in [-0.2, -0.15) is 0 Å². The fourth-order valence-corrected chi connectivity index (χ4v) is 1.73. The summed E-state index contributed by atoms with van der Waals surface area (Å²) in [5, 5.41) is 4.41. The summed E-state index contributed by atoms with van der Waals surface area (Å²) in [5.74, 6) is 0. The number of aromatic nitrogens is 2. The van der Waals surface area contributed by atoms with Crippen LogP contribution in [0.4, 0.5) is 5.69 Å². The van der Waals surface area contributed by atoms with Gasteiger partial charge in [0.25, 0.3) is 0 Å². The Labute approximate surface area is 103 Å². The van der Waals surface area contributed by atoms with Gasteiger partial charge < -0.3 is 5.32 Å². The van der Waals surface area contributed by atoms with Crippen molar-refractivity contribution >= 4 is 28.9 Å². The second kappa shape index (κ2) is 5.14. The molecule has 1 N–H and O–H groups in total. The Morgan fingerprint density at radius 3 is 2.56 bits per heavy atom. The molecule has 0 atom stereocenters. The number of nitrogens with one attached hydrogen (secondary N) is 1. The van der Waals surface area contributed by atoms with Crippen molar-refractivity contribution in [2.24, 2.45) is 0 Å². The zero-order valence-electron chi connectivity index (χ0n) is 8.32. The standard InChI is InChI=1S/C11H9Cl2N3/c12-9-1-2-11(10(13)3-9)16-6-8-4-14-7-15-5-8/h1-5,7,16H,6H2. The average Bonchev–Trinajstić information content (AvgIpc) is 2.29. The van der Waals surface area contributed by atoms with Crippen LogP contribution in [0.3, 0.4) is 0 Å². The lowest BCUT2D eigenvalue weighted by molar-refractivity contribution is 1.05. The van der Waals surface area contributed by atoms with Crippen LogP contribution in [0.15, 0.2) is 36.9 Å². The van der Waals surface area contributed by atoms with Crippen molar-refractivity contribution in [1.82, 2.24) is 9.97 Å². The van der Waals surface area contributed by atoms with E-state index >= 15 is 0 Å². The lowest BCUT2D eigenvalue weighted by Crippen LogP contribution is -2.00. The molecule has 0 aliphatic carbocycles. The number of hydrogen-bond acceptors (Lipinski definition) is 3. The van der Waals surface area contributed by atoms with E-state index in [9.17, 15) is 0 Å². The monoisotopic (exact) mass is 253 g/mol. The predicted octanol–water partition coefficient (Wildman–Crippen LogP) is 3.40. The van der Waals surface area contributed by atoms with Crippen molar-refractivity contribution in [2.45, 2.75) is 6.54 Å². The first-order valence-corrected chi connectivity index (χ1v) is 5.44. The lowest BCUT2D eigenvalue weighted by Gasteiger charge is -2.07. The molecule has 0 saturated heterocycles. The van der Waals surface area contributed by atoms with Gasteiger partial charge in [-0.3, -0.25) is 0 Å². The molecule has 0 aliphatic heterocycles. The molecule has 1 heterocycles. The van der Waals surface area contributed by atoms with Gasteiger partial charge in [-0.25, -0.2) is 9.97 Å². The zero-order chi connectivity index (χ0) is 11.4. The summed E-state index contributed by atoms with van der Waals surface area (Å²) in [7, 11) is 0. The van der Waals surface area contributed by atoms with Gasteiger partial charge in [-0.05, 0) is 18.2 Å². The van der Waals surface area contributed by atoms with Crippen molar-refractivity contribution < 1.29 is 0 Å². The third-order valence-corrected chi connectivity index (χ3v) is 2.58. The number of hydrogen-bond donors (Lipinski definition) is 1. The van der Waals surface area contributed by atoms with E-state index in [0.717, 1.165) is 11.3 Å². The predicted molar refractivity (Wildman–Crippen MR) is 65.8 cm³/mol. The molecule has 1 aromatic carbocycles. The van der Waals surface area contributed by atoms with Gasteiger partial charge >= 0.3 is 0 Å². The summed E-state index contributed by atoms with van der Waals surface area (Å²) in [6.07, 6.45) is 5.01. The second-order valence-corrected chi connectivity index (χ2v) is 4.07. The maximum Gasteiger partial charge on any atom is 0.115 e. The highest BCUT2D eigenvalue weighted by atomic mass is 35.5. The number of rotatable bonds is 3. The molecule has 5 heteroatoms. The minimum Gasteiger partial charge on any atom is -0.380 e. The second-order valence-electron chi connectivity index (χ2n) is 3.22. The SMILES string of the molecule is Clc1ccc(NCc2cncnc2)c(Cl)c1. The Balaban J connectivity index is 2.05. The number of anilines is 1. The third-order valence-electron chi connectivity index (χ3n) is 2.03. The van der Waals surface area contributed by atoms with Gasteiger partial charge in [0.15, 0.2) is 0 Å². The van der Waals surface area contributed by atoms with Gasteiger partial charge in [-0.15, -0.1) is 0 Å². The van der Waals surface area contributed by atoms with Crippen LogP contribution in [0.25, 0.3) is 0 Å². The molecule has 0 spiro atoms. The minimum absolute atomic E-state index is 0.601. The van der Waals surface area contributed by atoms with Crippen LogP contribution < -0.4 is 5.32 Å². The number of nitrogens with zero attached hydrogens (tertiary/aromatic N) is 2. The molecule has 1 aromatic heterocycles. The van der Waals surface area contributed by atoms with E-state index in [-0.39, 0.29) is 0 Å². The molecule has 0 aliphatic rings. The topological polar surface area (TPSA) is 37.8 Å². The fraction of sp³-hybridized carbons (Fsp3) is 0.0909. The van der Waals surface area contributed by atoms with E-state index in [1.165, 1.54) is 6.33 Å². The van der Waals surface area contributed by atoms with Crippen molar-refractivity contribution in [3.63, 3.8) is 0 Å². The summed E-state index contributed by atoms with van der Waals surface area (Å²) >= 11 is 11.8. The third kappa shape index (κ3) is 2.84. The molecule has 0 amide bonds. The van der Waals surface area contributed by atoms with E-state index < -0.39 is 0 Å². The van der Waals surface area contributed by atoms with Crippen LogP contribution in [0.2, 0.25) is 10.0 Å². The molecule has 0 saturated carbocycles. The molecule has 2 rings (SSSR count).